The number of amides is 1. The van der Waals surface area contributed by atoms with Crippen molar-refractivity contribution >= 4 is 30.0 Å². The second-order valence-corrected chi connectivity index (χ2v) is 10.6. The van der Waals surface area contributed by atoms with Gasteiger partial charge < -0.3 is 33.7 Å². The molecule has 0 bridgehead atoms. The Morgan fingerprint density at radius 1 is 0.957 bits per heavy atom. The Hall–Kier alpha value is -5.46. The number of aromatic nitrogens is 1. The Bertz CT molecular complexity index is 1550. The number of benzene rings is 2. The second-order valence-electron chi connectivity index (χ2n) is 10.6. The molecule has 0 spiro atoms. The van der Waals surface area contributed by atoms with Gasteiger partial charge in [0.2, 0.25) is 5.75 Å². The van der Waals surface area contributed by atoms with Crippen molar-refractivity contribution in [2.45, 2.75) is 45.4 Å². The molecule has 2 aromatic carbocycles. The Morgan fingerprint density at radius 2 is 1.63 bits per heavy atom. The van der Waals surface area contributed by atoms with Crippen molar-refractivity contribution in [1.29, 1.82) is 0 Å². The van der Waals surface area contributed by atoms with Gasteiger partial charge in [-0.15, -0.1) is 0 Å². The molecule has 0 radical (unpaired) electrons. The summed E-state index contributed by atoms with van der Waals surface area (Å²) in [6.07, 6.45) is -2.11. The van der Waals surface area contributed by atoms with Gasteiger partial charge in [-0.2, -0.15) is 0 Å². The van der Waals surface area contributed by atoms with Crippen molar-refractivity contribution in [3.8, 4) is 17.2 Å². The standard InChI is InChI=1S/C33H34N2O11/c1-19(2)30(37)45-27-20(3)43-32(39)24(18-42-31(38)23(27)17-21-11-7-5-8-12-21)35-29(36)26-28(25(41-4)15-16-34-26)46-33(40)44-22-13-9-6-10-14-22/h5-16,19-20,23-24,27H,17-18H2,1-4H3,(H,35,36). The third kappa shape index (κ3) is 8.58. The van der Waals surface area contributed by atoms with Gasteiger partial charge in [-0.1, -0.05) is 62.4 Å². The highest BCUT2D eigenvalue weighted by molar-refractivity contribution is 5.98. The predicted molar refractivity (Wildman–Crippen MR) is 160 cm³/mol. The van der Waals surface area contributed by atoms with Crippen LogP contribution in [0.1, 0.15) is 36.8 Å². The number of para-hydroxylation sites is 1. The number of hydrogen-bond donors (Lipinski definition) is 1. The molecule has 0 saturated carbocycles. The first-order chi connectivity index (χ1) is 22.1. The summed E-state index contributed by atoms with van der Waals surface area (Å²) in [6, 6.07) is 16.9. The quantitative estimate of drug-likeness (QED) is 0.206. The summed E-state index contributed by atoms with van der Waals surface area (Å²) in [5, 5.41) is 2.43. The number of esters is 3. The lowest BCUT2D eigenvalue weighted by atomic mass is 9.91. The third-order valence-electron chi connectivity index (χ3n) is 6.90. The van der Waals surface area contributed by atoms with E-state index in [2.05, 4.69) is 10.3 Å². The molecule has 1 fully saturated rings. The molecule has 13 heteroatoms. The van der Waals surface area contributed by atoms with Crippen LogP contribution in [-0.2, 0) is 35.0 Å². The number of ether oxygens (including phenoxy) is 6. The van der Waals surface area contributed by atoms with Crippen LogP contribution in [0.5, 0.6) is 17.2 Å². The number of carbonyl (C=O) groups is 5. The lowest BCUT2D eigenvalue weighted by Gasteiger charge is -2.29. The maximum absolute atomic E-state index is 13.5. The lowest BCUT2D eigenvalue weighted by molar-refractivity contribution is -0.176. The zero-order chi connectivity index (χ0) is 33.2. The van der Waals surface area contributed by atoms with Crippen molar-refractivity contribution in [3.63, 3.8) is 0 Å². The number of pyridine rings is 1. The summed E-state index contributed by atoms with van der Waals surface area (Å²) in [5.41, 5.74) is 0.335. The average molecular weight is 635 g/mol. The van der Waals surface area contributed by atoms with Gasteiger partial charge in [-0.3, -0.25) is 14.4 Å². The van der Waals surface area contributed by atoms with E-state index < -0.39 is 72.4 Å². The molecule has 46 heavy (non-hydrogen) atoms. The SMILES string of the molecule is COc1ccnc(C(=O)NC2COC(=O)C(Cc3ccccc3)C(OC(=O)C(C)C)C(C)OC2=O)c1OC(=O)Oc1ccccc1. The molecule has 0 aliphatic carbocycles. The Labute approximate surface area is 265 Å². The summed E-state index contributed by atoms with van der Waals surface area (Å²) in [5.74, 6) is -5.07. The number of cyclic esters (lactones) is 2. The molecule has 4 atom stereocenters. The minimum atomic E-state index is -1.51. The number of carbonyl (C=O) groups excluding carboxylic acids is 5. The monoisotopic (exact) mass is 634 g/mol. The molecule has 1 amide bonds. The van der Waals surface area contributed by atoms with Crippen LogP contribution < -0.4 is 19.5 Å². The van der Waals surface area contributed by atoms with Gasteiger partial charge in [0.15, 0.2) is 23.6 Å². The smallest absolute Gasteiger partial charge is 0.493 e. The first kappa shape index (κ1) is 33.4. The number of nitrogens with one attached hydrogen (secondary N) is 1. The maximum atomic E-state index is 13.5. The molecule has 1 N–H and O–H groups in total. The van der Waals surface area contributed by atoms with E-state index in [1.165, 1.54) is 38.4 Å². The van der Waals surface area contributed by atoms with E-state index in [0.29, 0.717) is 0 Å². The van der Waals surface area contributed by atoms with Crippen molar-refractivity contribution in [1.82, 2.24) is 10.3 Å². The number of hydrogen-bond acceptors (Lipinski definition) is 12. The molecule has 2 heterocycles. The summed E-state index contributed by atoms with van der Waals surface area (Å²) < 4.78 is 32.5. The van der Waals surface area contributed by atoms with Crippen molar-refractivity contribution in [2.75, 3.05) is 13.7 Å². The summed E-state index contributed by atoms with van der Waals surface area (Å²) >= 11 is 0. The Kier molecular flexibility index (Phi) is 11.3. The number of methoxy groups -OCH3 is 1. The molecular formula is C33H34N2O11. The minimum Gasteiger partial charge on any atom is -0.493 e. The first-order valence-electron chi connectivity index (χ1n) is 14.5. The fourth-order valence-corrected chi connectivity index (χ4v) is 4.52. The maximum Gasteiger partial charge on any atom is 0.519 e. The summed E-state index contributed by atoms with van der Waals surface area (Å²) in [4.78, 5) is 69.4. The largest absolute Gasteiger partial charge is 0.519 e. The lowest BCUT2D eigenvalue weighted by Crippen LogP contribution is -2.47. The van der Waals surface area contributed by atoms with Gasteiger partial charge in [0.05, 0.1) is 13.0 Å². The fourth-order valence-electron chi connectivity index (χ4n) is 4.52. The Balaban J connectivity index is 1.57. The third-order valence-corrected chi connectivity index (χ3v) is 6.90. The number of nitrogens with zero attached hydrogens (tertiary/aromatic N) is 1. The summed E-state index contributed by atoms with van der Waals surface area (Å²) in [6.45, 7) is 4.15. The van der Waals surface area contributed by atoms with E-state index in [-0.39, 0.29) is 23.7 Å². The van der Waals surface area contributed by atoms with Gasteiger partial charge >= 0.3 is 24.1 Å². The normalized spacial score (nSPS) is 19.8. The molecular weight excluding hydrogens is 600 g/mol. The number of rotatable bonds is 9. The first-order valence-corrected chi connectivity index (χ1v) is 14.5. The van der Waals surface area contributed by atoms with Crippen LogP contribution in [-0.4, -0.2) is 66.9 Å². The van der Waals surface area contributed by atoms with Gasteiger partial charge in [-0.25, -0.2) is 14.6 Å². The van der Waals surface area contributed by atoms with Crippen LogP contribution in [0.25, 0.3) is 0 Å². The highest BCUT2D eigenvalue weighted by atomic mass is 16.7. The highest BCUT2D eigenvalue weighted by Crippen LogP contribution is 2.31. The van der Waals surface area contributed by atoms with Crippen LogP contribution in [0.2, 0.25) is 0 Å². The molecule has 1 aromatic heterocycles. The molecule has 4 unspecified atom stereocenters. The highest BCUT2D eigenvalue weighted by Gasteiger charge is 2.42. The van der Waals surface area contributed by atoms with Crippen LogP contribution >= 0.6 is 0 Å². The van der Waals surface area contributed by atoms with Crippen LogP contribution in [0.4, 0.5) is 4.79 Å². The average Bonchev–Trinajstić information content (AvgIpc) is 3.07. The predicted octanol–water partition coefficient (Wildman–Crippen LogP) is 3.68. The zero-order valence-corrected chi connectivity index (χ0v) is 25.7. The zero-order valence-electron chi connectivity index (χ0n) is 25.7. The van der Waals surface area contributed by atoms with Crippen molar-refractivity contribution in [2.24, 2.45) is 11.8 Å². The van der Waals surface area contributed by atoms with E-state index in [4.69, 9.17) is 28.4 Å². The molecule has 3 aromatic rings. The van der Waals surface area contributed by atoms with E-state index in [1.807, 2.05) is 6.07 Å². The van der Waals surface area contributed by atoms with Gasteiger partial charge in [0.25, 0.3) is 5.91 Å². The minimum absolute atomic E-state index is 0.0270. The summed E-state index contributed by atoms with van der Waals surface area (Å²) in [7, 11) is 1.29. The van der Waals surface area contributed by atoms with E-state index in [1.54, 1.807) is 56.3 Å². The van der Waals surface area contributed by atoms with E-state index in [9.17, 15) is 24.0 Å². The molecule has 1 aliphatic rings. The van der Waals surface area contributed by atoms with Crippen molar-refractivity contribution < 1.29 is 52.4 Å². The Morgan fingerprint density at radius 3 is 2.28 bits per heavy atom. The van der Waals surface area contributed by atoms with Crippen LogP contribution in [0, 0.1) is 11.8 Å². The second kappa shape index (κ2) is 15.5. The van der Waals surface area contributed by atoms with Gasteiger partial charge in [0, 0.05) is 12.3 Å². The van der Waals surface area contributed by atoms with Gasteiger partial charge in [-0.05, 0) is 31.0 Å². The topological polar surface area (TPSA) is 166 Å². The molecule has 13 nitrogen and oxygen atoms in total. The van der Waals surface area contributed by atoms with Crippen molar-refractivity contribution in [3.05, 3.63) is 84.2 Å². The fraction of sp³-hybridized carbons (Fsp3) is 0.333. The van der Waals surface area contributed by atoms with E-state index in [0.717, 1.165) is 5.56 Å². The molecule has 1 aliphatic heterocycles. The molecule has 1 saturated heterocycles. The van der Waals surface area contributed by atoms with Crippen LogP contribution in [0.3, 0.4) is 0 Å². The molecule has 242 valence electrons. The van der Waals surface area contributed by atoms with Crippen LogP contribution in [0.15, 0.2) is 72.9 Å². The van der Waals surface area contributed by atoms with E-state index >= 15 is 0 Å². The van der Waals surface area contributed by atoms with Gasteiger partial charge in [0.1, 0.15) is 24.4 Å². The molecule has 4 rings (SSSR count).